The maximum absolute atomic E-state index is 4.34. The minimum atomic E-state index is 0.563. The maximum Gasteiger partial charge on any atom is 0.0896 e. The molecule has 0 amide bonds. The number of aryl methyl sites for hydroxylation is 1. The fourth-order valence-electron chi connectivity index (χ4n) is 2.08. The van der Waals surface area contributed by atoms with Gasteiger partial charge in [0.1, 0.15) is 0 Å². The largest absolute Gasteiger partial charge is 0.316 e. The molecule has 1 aliphatic rings. The highest BCUT2D eigenvalue weighted by Crippen LogP contribution is 2.48. The Morgan fingerprint density at radius 2 is 2.25 bits per heavy atom. The lowest BCUT2D eigenvalue weighted by atomic mass is 10.0. The Balaban J connectivity index is 1.80. The number of aromatic nitrogens is 1. The van der Waals surface area contributed by atoms with E-state index >= 15 is 0 Å². The Bertz CT molecular complexity index is 339. The van der Waals surface area contributed by atoms with Crippen LogP contribution in [0, 0.1) is 18.3 Å². The standard InChI is InChI=1S/C13H22N2S/c1-10(2)7-14-9-13(4-5-13)6-12-8-15-11(3)16-12/h8,10,14H,4-7,9H2,1-3H3. The van der Waals surface area contributed by atoms with Gasteiger partial charge in [0.05, 0.1) is 5.01 Å². The lowest BCUT2D eigenvalue weighted by molar-refractivity contribution is 0.434. The molecule has 0 radical (unpaired) electrons. The van der Waals surface area contributed by atoms with Crippen molar-refractivity contribution in [2.45, 2.75) is 40.0 Å². The summed E-state index contributed by atoms with van der Waals surface area (Å²) in [5, 5.41) is 4.79. The SMILES string of the molecule is Cc1ncc(CC2(CNCC(C)C)CC2)s1. The molecular formula is C13H22N2S. The zero-order chi connectivity index (χ0) is 11.6. The molecule has 2 nitrogen and oxygen atoms in total. The molecular weight excluding hydrogens is 216 g/mol. The van der Waals surface area contributed by atoms with Crippen LogP contribution >= 0.6 is 11.3 Å². The summed E-state index contributed by atoms with van der Waals surface area (Å²) >= 11 is 1.86. The van der Waals surface area contributed by atoms with Crippen LogP contribution in [0.5, 0.6) is 0 Å². The van der Waals surface area contributed by atoms with Crippen molar-refractivity contribution in [1.82, 2.24) is 10.3 Å². The van der Waals surface area contributed by atoms with Crippen molar-refractivity contribution in [2.75, 3.05) is 13.1 Å². The monoisotopic (exact) mass is 238 g/mol. The van der Waals surface area contributed by atoms with E-state index in [1.54, 1.807) is 0 Å². The van der Waals surface area contributed by atoms with E-state index < -0.39 is 0 Å². The summed E-state index contributed by atoms with van der Waals surface area (Å²) in [4.78, 5) is 5.79. The summed E-state index contributed by atoms with van der Waals surface area (Å²) in [6, 6.07) is 0. The van der Waals surface area contributed by atoms with Crippen molar-refractivity contribution < 1.29 is 0 Å². The quantitative estimate of drug-likeness (QED) is 0.824. The molecule has 90 valence electrons. The van der Waals surface area contributed by atoms with Gasteiger partial charge < -0.3 is 5.32 Å². The topological polar surface area (TPSA) is 24.9 Å². The molecule has 0 saturated heterocycles. The van der Waals surface area contributed by atoms with Crippen LogP contribution in [0.2, 0.25) is 0 Å². The Hall–Kier alpha value is -0.410. The maximum atomic E-state index is 4.34. The zero-order valence-corrected chi connectivity index (χ0v) is 11.4. The summed E-state index contributed by atoms with van der Waals surface area (Å²) in [7, 11) is 0. The second-order valence-corrected chi connectivity index (χ2v) is 6.87. The number of nitrogens with zero attached hydrogens (tertiary/aromatic N) is 1. The van der Waals surface area contributed by atoms with Gasteiger partial charge in [0.25, 0.3) is 0 Å². The molecule has 0 spiro atoms. The highest BCUT2D eigenvalue weighted by atomic mass is 32.1. The van der Waals surface area contributed by atoms with Gasteiger partial charge in [-0.05, 0) is 44.1 Å². The van der Waals surface area contributed by atoms with Crippen LogP contribution in [0.3, 0.4) is 0 Å². The van der Waals surface area contributed by atoms with Gasteiger partial charge in [0, 0.05) is 17.6 Å². The van der Waals surface area contributed by atoms with Gasteiger partial charge in [0.2, 0.25) is 0 Å². The normalized spacial score (nSPS) is 18.0. The molecule has 2 rings (SSSR count). The molecule has 0 unspecified atom stereocenters. The van der Waals surface area contributed by atoms with Crippen molar-refractivity contribution in [2.24, 2.45) is 11.3 Å². The van der Waals surface area contributed by atoms with Crippen LogP contribution in [-0.4, -0.2) is 18.1 Å². The third kappa shape index (κ3) is 3.29. The first kappa shape index (κ1) is 12.1. The van der Waals surface area contributed by atoms with Crippen molar-refractivity contribution in [1.29, 1.82) is 0 Å². The van der Waals surface area contributed by atoms with Crippen LogP contribution in [0.4, 0.5) is 0 Å². The van der Waals surface area contributed by atoms with Gasteiger partial charge in [-0.15, -0.1) is 11.3 Å². The van der Waals surface area contributed by atoms with Crippen LogP contribution in [0.15, 0.2) is 6.20 Å². The number of hydrogen-bond acceptors (Lipinski definition) is 3. The zero-order valence-electron chi connectivity index (χ0n) is 10.5. The van der Waals surface area contributed by atoms with Crippen LogP contribution in [0.1, 0.15) is 36.6 Å². The minimum absolute atomic E-state index is 0.563. The lowest BCUT2D eigenvalue weighted by Gasteiger charge is -2.16. The third-order valence-electron chi connectivity index (χ3n) is 3.23. The second kappa shape index (κ2) is 4.84. The predicted octanol–water partition coefficient (Wildman–Crippen LogP) is 3.02. The third-order valence-corrected chi connectivity index (χ3v) is 4.14. The van der Waals surface area contributed by atoms with E-state index in [-0.39, 0.29) is 0 Å². The fourth-order valence-corrected chi connectivity index (χ4v) is 3.04. The van der Waals surface area contributed by atoms with Gasteiger partial charge in [0.15, 0.2) is 0 Å². The van der Waals surface area contributed by atoms with E-state index in [9.17, 15) is 0 Å². The van der Waals surface area contributed by atoms with Crippen molar-refractivity contribution in [3.8, 4) is 0 Å². The first-order chi connectivity index (χ1) is 7.60. The number of thiazole rings is 1. The molecule has 16 heavy (non-hydrogen) atoms. The van der Waals surface area contributed by atoms with E-state index in [0.717, 1.165) is 12.5 Å². The molecule has 1 aromatic rings. The first-order valence-corrected chi connectivity index (χ1v) is 7.03. The summed E-state index contributed by atoms with van der Waals surface area (Å²) < 4.78 is 0. The van der Waals surface area contributed by atoms with Gasteiger partial charge in [-0.25, -0.2) is 4.98 Å². The van der Waals surface area contributed by atoms with Gasteiger partial charge in [-0.3, -0.25) is 0 Å². The summed E-state index contributed by atoms with van der Waals surface area (Å²) in [5.41, 5.74) is 0.563. The molecule has 0 aromatic carbocycles. The molecule has 1 fully saturated rings. The van der Waals surface area contributed by atoms with Gasteiger partial charge in [-0.2, -0.15) is 0 Å². The molecule has 1 aromatic heterocycles. The Labute approximate surface area is 102 Å². The second-order valence-electron chi connectivity index (χ2n) is 5.55. The van der Waals surface area contributed by atoms with Crippen molar-refractivity contribution >= 4 is 11.3 Å². The fraction of sp³-hybridized carbons (Fsp3) is 0.769. The Kier molecular flexibility index (Phi) is 3.65. The van der Waals surface area contributed by atoms with Crippen LogP contribution in [0.25, 0.3) is 0 Å². The van der Waals surface area contributed by atoms with Gasteiger partial charge in [-0.1, -0.05) is 13.8 Å². The lowest BCUT2D eigenvalue weighted by Crippen LogP contribution is -2.28. The summed E-state index contributed by atoms with van der Waals surface area (Å²) in [5.74, 6) is 0.751. The highest BCUT2D eigenvalue weighted by molar-refractivity contribution is 7.11. The average Bonchev–Trinajstić information content (AvgIpc) is 2.82. The summed E-state index contributed by atoms with van der Waals surface area (Å²) in [6.45, 7) is 8.94. The van der Waals surface area contributed by atoms with E-state index in [4.69, 9.17) is 0 Å². The first-order valence-electron chi connectivity index (χ1n) is 6.22. The molecule has 1 aliphatic carbocycles. The number of hydrogen-bond donors (Lipinski definition) is 1. The molecule has 1 N–H and O–H groups in total. The Morgan fingerprint density at radius 1 is 1.50 bits per heavy atom. The molecule has 1 saturated carbocycles. The van der Waals surface area contributed by atoms with Crippen LogP contribution < -0.4 is 5.32 Å². The highest BCUT2D eigenvalue weighted by Gasteiger charge is 2.42. The summed E-state index contributed by atoms with van der Waals surface area (Å²) in [6.07, 6.45) is 6.05. The number of nitrogens with one attached hydrogen (secondary N) is 1. The van der Waals surface area contributed by atoms with Crippen molar-refractivity contribution in [3.05, 3.63) is 16.1 Å². The molecule has 1 heterocycles. The van der Waals surface area contributed by atoms with E-state index in [1.165, 1.54) is 35.7 Å². The molecule has 3 heteroatoms. The Morgan fingerprint density at radius 3 is 2.75 bits per heavy atom. The van der Waals surface area contributed by atoms with Crippen molar-refractivity contribution in [3.63, 3.8) is 0 Å². The smallest absolute Gasteiger partial charge is 0.0896 e. The number of rotatable bonds is 6. The van der Waals surface area contributed by atoms with Crippen LogP contribution in [-0.2, 0) is 6.42 Å². The minimum Gasteiger partial charge on any atom is -0.316 e. The van der Waals surface area contributed by atoms with E-state index in [1.807, 2.05) is 11.3 Å². The molecule has 0 bridgehead atoms. The van der Waals surface area contributed by atoms with E-state index in [0.29, 0.717) is 5.41 Å². The van der Waals surface area contributed by atoms with Gasteiger partial charge >= 0.3 is 0 Å². The molecule has 0 aliphatic heterocycles. The molecule has 0 atom stereocenters. The van der Waals surface area contributed by atoms with E-state index in [2.05, 4.69) is 37.3 Å². The average molecular weight is 238 g/mol. The predicted molar refractivity (Wildman–Crippen MR) is 69.9 cm³/mol.